The number of carbonyl (C=O) groups excluding carboxylic acids is 1. The smallest absolute Gasteiger partial charge is 0.272 e. The molecular weight excluding hydrogens is 451 g/mol. The Balaban J connectivity index is 1.25. The molecule has 0 bridgehead atoms. The summed E-state index contributed by atoms with van der Waals surface area (Å²) in [6.07, 6.45) is 1.26. The van der Waals surface area contributed by atoms with E-state index in [1.54, 1.807) is 29.2 Å². The van der Waals surface area contributed by atoms with Crippen LogP contribution in [0, 0.1) is 5.82 Å². The number of rotatable bonds is 4. The van der Waals surface area contributed by atoms with Crippen molar-refractivity contribution < 1.29 is 13.9 Å². The molecule has 1 N–H and O–H groups in total. The molecule has 0 radical (unpaired) electrons. The maximum atomic E-state index is 14.8. The fourth-order valence-electron chi connectivity index (χ4n) is 4.91. The minimum Gasteiger partial charge on any atom is -0.381 e. The van der Waals surface area contributed by atoms with Gasteiger partial charge in [0.1, 0.15) is 11.6 Å². The third kappa shape index (κ3) is 3.89. The van der Waals surface area contributed by atoms with Crippen molar-refractivity contribution >= 4 is 16.7 Å². The van der Waals surface area contributed by atoms with Crippen molar-refractivity contribution in [2.45, 2.75) is 31.8 Å². The van der Waals surface area contributed by atoms with Gasteiger partial charge in [-0.15, -0.1) is 10.2 Å². The fourth-order valence-corrected chi connectivity index (χ4v) is 4.91. The van der Waals surface area contributed by atoms with Crippen molar-refractivity contribution in [1.29, 1.82) is 0 Å². The molecule has 1 atom stereocenters. The standard InChI is InChI=1S/C25H23FN6O3/c26-20-6-5-15(12-21-17-3-1-2-4-18(17)24(33)30-27-21)11-19(20)25(34)31-8-9-32-22(13-31)28-29-23(32)16-7-10-35-14-16/h1-6,11,16H,7-10,12-14H2,(H,30,33). The average Bonchev–Trinajstić information content (AvgIpc) is 3.56. The van der Waals surface area contributed by atoms with E-state index in [-0.39, 0.29) is 29.5 Å². The number of amides is 1. The van der Waals surface area contributed by atoms with E-state index >= 15 is 0 Å². The first kappa shape index (κ1) is 21.6. The van der Waals surface area contributed by atoms with Crippen molar-refractivity contribution in [2.75, 3.05) is 19.8 Å². The van der Waals surface area contributed by atoms with E-state index in [2.05, 4.69) is 25.0 Å². The van der Waals surface area contributed by atoms with Crippen LogP contribution >= 0.6 is 0 Å². The maximum Gasteiger partial charge on any atom is 0.272 e. The summed E-state index contributed by atoms with van der Waals surface area (Å²) in [6, 6.07) is 11.7. The quantitative estimate of drug-likeness (QED) is 0.487. The van der Waals surface area contributed by atoms with Crippen LogP contribution in [-0.2, 0) is 24.2 Å². The molecule has 1 saturated heterocycles. The Bertz CT molecular complexity index is 1490. The molecule has 4 aromatic rings. The second-order valence-corrected chi connectivity index (χ2v) is 8.95. The van der Waals surface area contributed by atoms with Crippen LogP contribution in [0.2, 0.25) is 0 Å². The predicted molar refractivity (Wildman–Crippen MR) is 125 cm³/mol. The summed E-state index contributed by atoms with van der Waals surface area (Å²) in [6.45, 7) is 2.64. The summed E-state index contributed by atoms with van der Waals surface area (Å²) >= 11 is 0. The number of benzene rings is 2. The highest BCUT2D eigenvalue weighted by Gasteiger charge is 2.30. The van der Waals surface area contributed by atoms with Crippen LogP contribution < -0.4 is 5.56 Å². The van der Waals surface area contributed by atoms with Gasteiger partial charge < -0.3 is 14.2 Å². The third-order valence-electron chi connectivity index (χ3n) is 6.77. The second kappa shape index (κ2) is 8.70. The molecule has 0 spiro atoms. The zero-order chi connectivity index (χ0) is 23.9. The zero-order valence-corrected chi connectivity index (χ0v) is 18.9. The van der Waals surface area contributed by atoms with Gasteiger partial charge in [0.2, 0.25) is 0 Å². The normalized spacial score (nSPS) is 17.6. The molecule has 0 saturated carbocycles. The summed E-state index contributed by atoms with van der Waals surface area (Å²) < 4.78 is 22.3. The van der Waals surface area contributed by atoms with E-state index in [0.29, 0.717) is 43.0 Å². The molecule has 4 heterocycles. The molecule has 2 aliphatic rings. The number of aromatic nitrogens is 5. The maximum absolute atomic E-state index is 14.8. The molecule has 2 aliphatic heterocycles. The number of nitrogens with one attached hydrogen (secondary N) is 1. The minimum absolute atomic E-state index is 0.00797. The Kier molecular flexibility index (Phi) is 5.37. The fraction of sp³-hybridized carbons (Fsp3) is 0.320. The lowest BCUT2D eigenvalue weighted by molar-refractivity contribution is 0.0701. The lowest BCUT2D eigenvalue weighted by Gasteiger charge is -2.28. The SMILES string of the molecule is O=C(c1cc(Cc2n[nH]c(=O)c3ccccc23)ccc1F)N1CCn2c(nnc2C2CCOC2)C1. The number of hydrogen-bond donors (Lipinski definition) is 1. The van der Waals surface area contributed by atoms with E-state index in [4.69, 9.17) is 4.74 Å². The van der Waals surface area contributed by atoms with Gasteiger partial charge in [0.25, 0.3) is 11.5 Å². The van der Waals surface area contributed by atoms with Crippen LogP contribution in [0.1, 0.15) is 45.6 Å². The van der Waals surface area contributed by atoms with Gasteiger partial charge in [0, 0.05) is 37.4 Å². The number of nitrogens with zero attached hydrogens (tertiary/aromatic N) is 5. The van der Waals surface area contributed by atoms with Crippen LogP contribution in [0.4, 0.5) is 4.39 Å². The zero-order valence-electron chi connectivity index (χ0n) is 18.9. The van der Waals surface area contributed by atoms with Crippen LogP contribution in [0.3, 0.4) is 0 Å². The van der Waals surface area contributed by atoms with Gasteiger partial charge in [-0.2, -0.15) is 5.10 Å². The van der Waals surface area contributed by atoms with Gasteiger partial charge in [-0.1, -0.05) is 24.3 Å². The van der Waals surface area contributed by atoms with Crippen molar-refractivity contribution in [2.24, 2.45) is 0 Å². The summed E-state index contributed by atoms with van der Waals surface area (Å²) in [7, 11) is 0. The number of ether oxygens (including phenoxy) is 1. The summed E-state index contributed by atoms with van der Waals surface area (Å²) in [4.78, 5) is 27.0. The first-order chi connectivity index (χ1) is 17.1. The van der Waals surface area contributed by atoms with Crippen molar-refractivity contribution in [3.63, 3.8) is 0 Å². The van der Waals surface area contributed by atoms with Gasteiger partial charge in [-0.05, 0) is 30.2 Å². The number of H-pyrrole nitrogens is 1. The Labute approximate surface area is 199 Å². The van der Waals surface area contributed by atoms with E-state index in [1.807, 2.05) is 12.1 Å². The van der Waals surface area contributed by atoms with Gasteiger partial charge in [0.05, 0.1) is 29.8 Å². The van der Waals surface area contributed by atoms with E-state index < -0.39 is 5.82 Å². The molecule has 2 aromatic carbocycles. The summed E-state index contributed by atoms with van der Waals surface area (Å²) in [5.74, 6) is 0.869. The lowest BCUT2D eigenvalue weighted by Crippen LogP contribution is -2.39. The van der Waals surface area contributed by atoms with Gasteiger partial charge in [-0.3, -0.25) is 9.59 Å². The highest BCUT2D eigenvalue weighted by Crippen LogP contribution is 2.27. The topological polar surface area (TPSA) is 106 Å². The predicted octanol–water partition coefficient (Wildman–Crippen LogP) is 2.40. The molecule has 1 fully saturated rings. The van der Waals surface area contributed by atoms with Crippen molar-refractivity contribution in [3.05, 3.63) is 87.1 Å². The highest BCUT2D eigenvalue weighted by molar-refractivity contribution is 5.94. The number of hydrogen-bond acceptors (Lipinski definition) is 6. The minimum atomic E-state index is -0.575. The highest BCUT2D eigenvalue weighted by atomic mass is 19.1. The Morgan fingerprint density at radius 1 is 1.14 bits per heavy atom. The Morgan fingerprint density at radius 2 is 2.00 bits per heavy atom. The molecule has 9 nitrogen and oxygen atoms in total. The Morgan fingerprint density at radius 3 is 2.83 bits per heavy atom. The van der Waals surface area contributed by atoms with Crippen LogP contribution in [-0.4, -0.2) is 55.5 Å². The Hall–Kier alpha value is -3.92. The molecule has 6 rings (SSSR count). The summed E-state index contributed by atoms with van der Waals surface area (Å²) in [5, 5.41) is 16.6. The molecule has 35 heavy (non-hydrogen) atoms. The van der Waals surface area contributed by atoms with Crippen LogP contribution in [0.15, 0.2) is 47.3 Å². The third-order valence-corrected chi connectivity index (χ3v) is 6.77. The molecule has 1 unspecified atom stereocenters. The molecule has 178 valence electrons. The largest absolute Gasteiger partial charge is 0.381 e. The lowest BCUT2D eigenvalue weighted by atomic mass is 10.0. The van der Waals surface area contributed by atoms with Crippen LogP contribution in [0.25, 0.3) is 10.8 Å². The molecular formula is C25H23FN6O3. The summed E-state index contributed by atoms with van der Waals surface area (Å²) in [5.41, 5.74) is 1.12. The monoisotopic (exact) mass is 474 g/mol. The average molecular weight is 474 g/mol. The first-order valence-electron chi connectivity index (χ1n) is 11.6. The number of halogens is 1. The number of carbonyl (C=O) groups is 1. The van der Waals surface area contributed by atoms with Gasteiger partial charge in [-0.25, -0.2) is 9.49 Å². The van der Waals surface area contributed by atoms with Crippen LogP contribution in [0.5, 0.6) is 0 Å². The van der Waals surface area contributed by atoms with E-state index in [0.717, 1.165) is 29.8 Å². The molecule has 2 aromatic heterocycles. The van der Waals surface area contributed by atoms with E-state index in [1.165, 1.54) is 6.07 Å². The van der Waals surface area contributed by atoms with Crippen molar-refractivity contribution in [3.8, 4) is 0 Å². The van der Waals surface area contributed by atoms with Gasteiger partial charge >= 0.3 is 0 Å². The second-order valence-electron chi connectivity index (χ2n) is 8.95. The molecule has 10 heteroatoms. The van der Waals surface area contributed by atoms with Gasteiger partial charge in [0.15, 0.2) is 5.82 Å². The number of aromatic amines is 1. The van der Waals surface area contributed by atoms with E-state index in [9.17, 15) is 14.0 Å². The first-order valence-corrected chi connectivity index (χ1v) is 11.6. The number of fused-ring (bicyclic) bond motifs is 2. The molecule has 1 amide bonds. The molecule has 0 aliphatic carbocycles. The van der Waals surface area contributed by atoms with Crippen molar-refractivity contribution in [1.82, 2.24) is 29.9 Å².